The van der Waals surface area contributed by atoms with Gasteiger partial charge in [0.2, 0.25) is 0 Å². The largest absolute Gasteiger partial charge is 0.497 e. The van der Waals surface area contributed by atoms with Gasteiger partial charge in [-0.25, -0.2) is 0 Å². The van der Waals surface area contributed by atoms with Crippen LogP contribution < -0.4 is 15.8 Å². The van der Waals surface area contributed by atoms with Gasteiger partial charge in [-0.05, 0) is 42.0 Å². The summed E-state index contributed by atoms with van der Waals surface area (Å²) in [5.41, 5.74) is 7.21. The van der Waals surface area contributed by atoms with Crippen molar-refractivity contribution in [1.29, 1.82) is 5.41 Å². The highest BCUT2D eigenvalue weighted by Gasteiger charge is 2.38. The highest BCUT2D eigenvalue weighted by molar-refractivity contribution is 5.99. The number of amides is 2. The molecule has 31 heavy (non-hydrogen) atoms. The van der Waals surface area contributed by atoms with Crippen LogP contribution in [0.2, 0.25) is 0 Å². The number of nitrogens with two attached hydrogens (primary N) is 1. The van der Waals surface area contributed by atoms with Gasteiger partial charge in [0.1, 0.15) is 11.6 Å². The van der Waals surface area contributed by atoms with Gasteiger partial charge in [0.25, 0.3) is 11.8 Å². The lowest BCUT2D eigenvalue weighted by atomic mass is 10.1. The quantitative estimate of drug-likeness (QED) is 0.370. The molecule has 5 N–H and O–H groups in total. The minimum absolute atomic E-state index is 0. The van der Waals surface area contributed by atoms with Crippen molar-refractivity contribution < 1.29 is 24.2 Å². The van der Waals surface area contributed by atoms with Gasteiger partial charge < -0.3 is 30.5 Å². The van der Waals surface area contributed by atoms with Crippen LogP contribution in [0.3, 0.4) is 0 Å². The molecule has 0 aliphatic carbocycles. The minimum atomic E-state index is -1.66. The van der Waals surface area contributed by atoms with Gasteiger partial charge in [-0.15, -0.1) is 12.4 Å². The molecule has 0 radical (unpaired) electrons. The molecule has 166 valence electrons. The van der Waals surface area contributed by atoms with E-state index in [1.807, 2.05) is 12.1 Å². The Hall–Kier alpha value is -3.14. The van der Waals surface area contributed by atoms with Crippen LogP contribution in [0, 0.1) is 5.41 Å². The summed E-state index contributed by atoms with van der Waals surface area (Å²) in [7, 11) is 1.58. The number of hydrogen-bond acceptors (Lipinski definition) is 6. The van der Waals surface area contributed by atoms with Crippen molar-refractivity contribution in [3.8, 4) is 5.75 Å². The van der Waals surface area contributed by atoms with Crippen LogP contribution >= 0.6 is 12.4 Å². The van der Waals surface area contributed by atoms with Crippen molar-refractivity contribution in [2.45, 2.75) is 18.8 Å². The monoisotopic (exact) mass is 448 g/mol. The van der Waals surface area contributed by atoms with Gasteiger partial charge in [0, 0.05) is 24.3 Å². The van der Waals surface area contributed by atoms with Crippen LogP contribution in [0.25, 0.3) is 0 Å². The van der Waals surface area contributed by atoms with Gasteiger partial charge >= 0.3 is 0 Å². The zero-order valence-electron chi connectivity index (χ0n) is 16.9. The molecule has 0 aromatic heterocycles. The molecule has 1 fully saturated rings. The Labute approximate surface area is 186 Å². The van der Waals surface area contributed by atoms with E-state index in [1.54, 1.807) is 48.4 Å². The number of halogens is 1. The van der Waals surface area contributed by atoms with Crippen molar-refractivity contribution in [3.63, 3.8) is 0 Å². The number of methoxy groups -OCH3 is 1. The fraction of sp³-hybridized carbons (Fsp3) is 0.286. The molecule has 0 spiro atoms. The van der Waals surface area contributed by atoms with E-state index in [9.17, 15) is 14.7 Å². The Morgan fingerprint density at radius 2 is 1.94 bits per heavy atom. The summed E-state index contributed by atoms with van der Waals surface area (Å²) in [6.45, 7) is 0.913. The zero-order chi connectivity index (χ0) is 21.7. The van der Waals surface area contributed by atoms with Crippen LogP contribution in [0.15, 0.2) is 48.5 Å². The maximum absolute atomic E-state index is 12.8. The first-order valence-electron chi connectivity index (χ1n) is 9.35. The summed E-state index contributed by atoms with van der Waals surface area (Å²) in [5.74, 6) is -0.582. The third-order valence-corrected chi connectivity index (χ3v) is 4.77. The van der Waals surface area contributed by atoms with E-state index in [0.717, 1.165) is 5.56 Å². The Morgan fingerprint density at radius 1 is 1.29 bits per heavy atom. The predicted octanol–water partition coefficient (Wildman–Crippen LogP) is 1.13. The molecule has 10 heteroatoms. The summed E-state index contributed by atoms with van der Waals surface area (Å²) < 4.78 is 10.5. The van der Waals surface area contributed by atoms with Gasteiger partial charge in [-0.3, -0.25) is 15.0 Å². The lowest BCUT2D eigenvalue weighted by Gasteiger charge is -2.34. The van der Waals surface area contributed by atoms with E-state index in [-0.39, 0.29) is 24.8 Å². The van der Waals surface area contributed by atoms with Crippen LogP contribution in [0.5, 0.6) is 5.75 Å². The molecule has 2 atom stereocenters. The molecule has 2 aromatic carbocycles. The lowest BCUT2D eigenvalue weighted by molar-refractivity contribution is -0.166. The third kappa shape index (κ3) is 5.94. The maximum Gasteiger partial charge on any atom is 0.256 e. The summed E-state index contributed by atoms with van der Waals surface area (Å²) in [6, 6.07) is 13.6. The second-order valence-corrected chi connectivity index (χ2v) is 6.82. The number of hydrogen-bond donors (Lipinski definition) is 4. The molecule has 0 bridgehead atoms. The fourth-order valence-corrected chi connectivity index (χ4v) is 3.07. The molecule has 0 unspecified atom stereocenters. The van der Waals surface area contributed by atoms with Gasteiger partial charge in [-0.2, -0.15) is 0 Å². The molecular weight excluding hydrogens is 424 g/mol. The van der Waals surface area contributed by atoms with Crippen molar-refractivity contribution in [2.75, 3.05) is 25.6 Å². The summed E-state index contributed by atoms with van der Waals surface area (Å²) >= 11 is 0. The number of amidine groups is 1. The molecule has 0 saturated carbocycles. The summed E-state index contributed by atoms with van der Waals surface area (Å²) in [5, 5.41) is 20.3. The molecule has 1 saturated heterocycles. The molecule has 1 heterocycles. The molecular formula is C21H25ClN4O5. The number of nitrogens with zero attached hydrogens (tertiary/aromatic N) is 1. The molecule has 1 aliphatic heterocycles. The number of benzene rings is 2. The number of morpholine rings is 1. The average molecular weight is 449 g/mol. The Morgan fingerprint density at radius 3 is 2.52 bits per heavy atom. The van der Waals surface area contributed by atoms with Crippen molar-refractivity contribution >= 4 is 35.7 Å². The molecule has 3 rings (SSSR count). The second-order valence-electron chi connectivity index (χ2n) is 6.82. The topological polar surface area (TPSA) is 138 Å². The van der Waals surface area contributed by atoms with Crippen LogP contribution in [-0.2, 0) is 20.9 Å². The summed E-state index contributed by atoms with van der Waals surface area (Å²) in [4.78, 5) is 26.7. The number of anilines is 1. The number of nitrogens with one attached hydrogen (secondary N) is 2. The highest BCUT2D eigenvalue weighted by Crippen LogP contribution is 2.18. The van der Waals surface area contributed by atoms with E-state index in [1.165, 1.54) is 0 Å². The fourth-order valence-electron chi connectivity index (χ4n) is 3.07. The molecule has 2 aromatic rings. The van der Waals surface area contributed by atoms with Crippen LogP contribution in [0.1, 0.15) is 11.1 Å². The lowest BCUT2D eigenvalue weighted by Crippen LogP contribution is -2.54. The first-order chi connectivity index (χ1) is 14.4. The predicted molar refractivity (Wildman–Crippen MR) is 117 cm³/mol. The normalized spacial score (nSPS) is 16.8. The number of aliphatic hydroxyl groups is 1. The number of rotatable bonds is 7. The van der Waals surface area contributed by atoms with Crippen molar-refractivity contribution in [3.05, 3.63) is 59.7 Å². The smallest absolute Gasteiger partial charge is 0.256 e. The van der Waals surface area contributed by atoms with Gasteiger partial charge in [-0.1, -0.05) is 12.1 Å². The van der Waals surface area contributed by atoms with E-state index < -0.39 is 24.0 Å². The second kappa shape index (κ2) is 10.8. The Kier molecular flexibility index (Phi) is 8.38. The number of carbonyl (C=O) groups is 2. The maximum atomic E-state index is 12.8. The minimum Gasteiger partial charge on any atom is -0.497 e. The van der Waals surface area contributed by atoms with Crippen LogP contribution in [-0.4, -0.2) is 60.1 Å². The van der Waals surface area contributed by atoms with Gasteiger partial charge in [0.05, 0.1) is 13.7 Å². The number of carbonyl (C=O) groups excluding carboxylic acids is 2. The first-order valence-corrected chi connectivity index (χ1v) is 9.35. The molecule has 2 amide bonds. The SMILES string of the molecule is COc1ccc(CN2CCO[C@H]([C@@H](O)C(=O)Nc3ccc(C(=N)N)cc3)C2=O)cc1.Cl. The zero-order valence-corrected chi connectivity index (χ0v) is 17.7. The average Bonchev–Trinajstić information content (AvgIpc) is 2.75. The molecule has 9 nitrogen and oxygen atoms in total. The first kappa shape index (κ1) is 24.1. The van der Waals surface area contributed by atoms with Crippen LogP contribution in [0.4, 0.5) is 5.69 Å². The van der Waals surface area contributed by atoms with Crippen molar-refractivity contribution in [2.24, 2.45) is 5.73 Å². The Balaban J connectivity index is 0.00000341. The van der Waals surface area contributed by atoms with Gasteiger partial charge in [0.15, 0.2) is 12.2 Å². The van der Waals surface area contributed by atoms with E-state index >= 15 is 0 Å². The number of aliphatic hydroxyl groups excluding tert-OH is 1. The Bertz CT molecular complexity index is 920. The highest BCUT2D eigenvalue weighted by atomic mass is 35.5. The third-order valence-electron chi connectivity index (χ3n) is 4.77. The standard InChI is InChI=1S/C21H24N4O5.ClH/c1-29-16-8-2-13(3-9-16)12-25-10-11-30-18(21(25)28)17(26)20(27)24-15-6-4-14(5-7-15)19(22)23;/h2-9,17-18,26H,10-12H2,1H3,(H3,22,23)(H,24,27);1H/t17-,18-;/m1./s1. The summed E-state index contributed by atoms with van der Waals surface area (Å²) in [6.07, 6.45) is -2.95. The van der Waals surface area contributed by atoms with E-state index in [2.05, 4.69) is 5.32 Å². The number of ether oxygens (including phenoxy) is 2. The van der Waals surface area contributed by atoms with E-state index in [0.29, 0.717) is 30.1 Å². The van der Waals surface area contributed by atoms with E-state index in [4.69, 9.17) is 20.6 Å². The number of nitrogen functional groups attached to an aromatic ring is 1. The molecule has 1 aliphatic rings. The van der Waals surface area contributed by atoms with Crippen molar-refractivity contribution in [1.82, 2.24) is 4.90 Å².